The van der Waals surface area contributed by atoms with Gasteiger partial charge in [0.15, 0.2) is 4.34 Å². The molecule has 30 heavy (non-hydrogen) atoms. The summed E-state index contributed by atoms with van der Waals surface area (Å²) >= 11 is 2.59. The molecule has 0 bridgehead atoms. The molecule has 4 rings (SSSR count). The second kappa shape index (κ2) is 9.01. The van der Waals surface area contributed by atoms with Crippen molar-refractivity contribution in [3.8, 4) is 0 Å². The third-order valence-electron chi connectivity index (χ3n) is 4.04. The minimum absolute atomic E-state index is 0.0121. The van der Waals surface area contributed by atoms with E-state index in [-0.39, 0.29) is 22.9 Å². The molecule has 0 aliphatic heterocycles. The van der Waals surface area contributed by atoms with Gasteiger partial charge in [-0.05, 0) is 24.3 Å². The molecule has 0 spiro atoms. The molecule has 0 unspecified atom stereocenters. The molecule has 0 radical (unpaired) electrons. The molecule has 0 fully saturated rings. The van der Waals surface area contributed by atoms with Gasteiger partial charge in [-0.2, -0.15) is 0 Å². The van der Waals surface area contributed by atoms with Gasteiger partial charge in [-0.3, -0.25) is 0 Å². The third-order valence-corrected chi connectivity index (χ3v) is 6.06. The van der Waals surface area contributed by atoms with Crippen LogP contribution in [0, 0.1) is 0 Å². The highest BCUT2D eigenvalue weighted by molar-refractivity contribution is 8.01. The number of aromatic nitrogens is 4. The number of para-hydroxylation sites is 2. The second-order valence-electron chi connectivity index (χ2n) is 6.01. The molecule has 154 valence electrons. The van der Waals surface area contributed by atoms with Gasteiger partial charge in [-0.15, -0.1) is 10.2 Å². The summed E-state index contributed by atoms with van der Waals surface area (Å²) in [5, 5.41) is 22.5. The first-order valence-corrected chi connectivity index (χ1v) is 10.6. The van der Waals surface area contributed by atoms with Gasteiger partial charge >= 0.3 is 5.97 Å². The number of imidazole rings is 1. The van der Waals surface area contributed by atoms with Crippen molar-refractivity contribution in [2.24, 2.45) is 0 Å². The molecule has 0 saturated heterocycles. The monoisotopic (exact) mass is 443 g/mol. The number of methoxy groups -OCH3 is 1. The van der Waals surface area contributed by atoms with E-state index in [1.54, 1.807) is 6.26 Å². The van der Waals surface area contributed by atoms with E-state index in [1.165, 1.54) is 30.2 Å². The number of H-pyrrole nitrogens is 1. The zero-order valence-corrected chi connectivity index (χ0v) is 17.4. The number of benzene rings is 1. The molecule has 0 atom stereocenters. The number of carbonyl (C=O) groups is 1. The number of carbonyl (C=O) groups excluding carboxylic acids is 1. The summed E-state index contributed by atoms with van der Waals surface area (Å²) in [6.07, 6.45) is 1.61. The van der Waals surface area contributed by atoms with Gasteiger partial charge in [0.25, 0.3) is 0 Å². The van der Waals surface area contributed by atoms with Crippen LogP contribution in [0.2, 0.25) is 0 Å². The third kappa shape index (κ3) is 4.47. The van der Waals surface area contributed by atoms with Crippen LogP contribution in [0.5, 0.6) is 0 Å². The first-order chi connectivity index (χ1) is 14.6. The number of ether oxygens (including phenoxy) is 1. The molecule has 4 aromatic rings. The molecule has 3 N–H and O–H groups in total. The van der Waals surface area contributed by atoms with E-state index in [9.17, 15) is 9.90 Å². The van der Waals surface area contributed by atoms with E-state index in [0.717, 1.165) is 11.3 Å². The van der Waals surface area contributed by atoms with Crippen LogP contribution < -0.4 is 5.32 Å². The highest BCUT2D eigenvalue weighted by Gasteiger charge is 2.22. The van der Waals surface area contributed by atoms with Crippen LogP contribution >= 0.6 is 23.1 Å². The predicted molar refractivity (Wildman–Crippen MR) is 114 cm³/mol. The fourth-order valence-corrected chi connectivity index (χ4v) is 4.27. The van der Waals surface area contributed by atoms with Crippen molar-refractivity contribution in [3.05, 3.63) is 60.0 Å². The molecule has 0 aliphatic rings. The summed E-state index contributed by atoms with van der Waals surface area (Å²) in [5.41, 5.74) is 1.43. The second-order valence-corrected chi connectivity index (χ2v) is 8.21. The Bertz CT molecular complexity index is 1150. The van der Waals surface area contributed by atoms with E-state index >= 15 is 0 Å². The van der Waals surface area contributed by atoms with Gasteiger partial charge in [-0.1, -0.05) is 35.2 Å². The highest BCUT2D eigenvalue weighted by Crippen LogP contribution is 2.29. The van der Waals surface area contributed by atoms with Crippen LogP contribution in [0.4, 0.5) is 5.13 Å². The predicted octanol–water partition coefficient (Wildman–Crippen LogP) is 3.85. The lowest BCUT2D eigenvalue weighted by Crippen LogP contribution is -2.09. The van der Waals surface area contributed by atoms with Crippen LogP contribution in [-0.4, -0.2) is 44.1 Å². The quantitative estimate of drug-likeness (QED) is 0.161. The van der Waals surface area contributed by atoms with E-state index in [0.29, 0.717) is 21.5 Å². The van der Waals surface area contributed by atoms with Crippen molar-refractivity contribution < 1.29 is 19.1 Å². The average Bonchev–Trinajstić information content (AvgIpc) is 3.51. The van der Waals surface area contributed by atoms with Crippen LogP contribution in [0.25, 0.3) is 16.6 Å². The Morgan fingerprint density at radius 3 is 2.93 bits per heavy atom. The van der Waals surface area contributed by atoms with Crippen molar-refractivity contribution in [3.63, 3.8) is 0 Å². The number of aliphatic hydroxyl groups is 1. The number of hydrogen-bond acceptors (Lipinski definition) is 10. The number of fused-ring (bicyclic) bond motifs is 1. The Morgan fingerprint density at radius 2 is 2.17 bits per heavy atom. The van der Waals surface area contributed by atoms with E-state index < -0.39 is 5.97 Å². The molecule has 9 nitrogen and oxygen atoms in total. The van der Waals surface area contributed by atoms with Crippen LogP contribution in [-0.2, 0) is 16.1 Å². The minimum Gasteiger partial charge on any atom is -0.510 e. The SMILES string of the molecule is COC(=O)/C(=C(/O)CSc1nnc(NCc2ccco2)s1)c1nc2ccccc2[nH]1. The molecule has 0 saturated carbocycles. The number of aliphatic hydroxyl groups excluding tert-OH is 1. The van der Waals surface area contributed by atoms with Gasteiger partial charge in [0.1, 0.15) is 22.9 Å². The van der Waals surface area contributed by atoms with E-state index in [4.69, 9.17) is 9.15 Å². The standard InChI is InChI=1S/C19H17N5O4S2/c1-27-17(26)15(16-21-12-6-2-3-7-13(12)22-16)14(25)10-29-19-24-23-18(30-19)20-9-11-5-4-8-28-11/h2-8,25H,9-10H2,1H3,(H,20,23)(H,21,22)/b15-14+. The number of esters is 1. The lowest BCUT2D eigenvalue weighted by Gasteiger charge is -2.06. The zero-order chi connectivity index (χ0) is 20.9. The Balaban J connectivity index is 1.47. The molecule has 3 heterocycles. The first kappa shape index (κ1) is 20.0. The molecule has 3 aromatic heterocycles. The number of aromatic amines is 1. The number of thioether (sulfide) groups is 1. The maximum Gasteiger partial charge on any atom is 0.345 e. The van der Waals surface area contributed by atoms with E-state index in [2.05, 4.69) is 25.5 Å². The number of rotatable bonds is 8. The Labute approximate surface area is 179 Å². The molecular weight excluding hydrogens is 426 g/mol. The fourth-order valence-electron chi connectivity index (χ4n) is 2.64. The lowest BCUT2D eigenvalue weighted by atomic mass is 10.2. The zero-order valence-electron chi connectivity index (χ0n) is 15.8. The maximum absolute atomic E-state index is 12.3. The topological polar surface area (TPSA) is 126 Å². The summed E-state index contributed by atoms with van der Waals surface area (Å²) in [6.45, 7) is 0.496. The summed E-state index contributed by atoms with van der Waals surface area (Å²) < 4.78 is 10.7. The fraction of sp³-hybridized carbons (Fsp3) is 0.158. The van der Waals surface area contributed by atoms with Crippen LogP contribution in [0.15, 0.2) is 57.2 Å². The Morgan fingerprint density at radius 1 is 1.30 bits per heavy atom. The van der Waals surface area contributed by atoms with Gasteiger partial charge < -0.3 is 24.6 Å². The molecule has 11 heteroatoms. The number of anilines is 1. The normalized spacial score (nSPS) is 12.0. The van der Waals surface area contributed by atoms with Gasteiger partial charge in [0.2, 0.25) is 5.13 Å². The average molecular weight is 444 g/mol. The van der Waals surface area contributed by atoms with Gasteiger partial charge in [-0.25, -0.2) is 9.78 Å². The van der Waals surface area contributed by atoms with Gasteiger partial charge in [0, 0.05) is 0 Å². The molecular formula is C19H17N5O4S2. The van der Waals surface area contributed by atoms with Gasteiger partial charge in [0.05, 0.1) is 36.7 Å². The highest BCUT2D eigenvalue weighted by atomic mass is 32.2. The number of nitrogens with one attached hydrogen (secondary N) is 2. The molecule has 1 aromatic carbocycles. The van der Waals surface area contributed by atoms with Crippen molar-refractivity contribution >= 4 is 50.8 Å². The number of nitrogens with zero attached hydrogens (tertiary/aromatic N) is 3. The number of hydrogen-bond donors (Lipinski definition) is 3. The maximum atomic E-state index is 12.3. The number of furan rings is 1. The van der Waals surface area contributed by atoms with Crippen LogP contribution in [0.3, 0.4) is 0 Å². The van der Waals surface area contributed by atoms with Crippen LogP contribution in [0.1, 0.15) is 11.6 Å². The van der Waals surface area contributed by atoms with Crippen molar-refractivity contribution in [1.29, 1.82) is 0 Å². The van der Waals surface area contributed by atoms with Crippen molar-refractivity contribution in [1.82, 2.24) is 20.2 Å². The van der Waals surface area contributed by atoms with E-state index in [1.807, 2.05) is 36.4 Å². The first-order valence-electron chi connectivity index (χ1n) is 8.82. The summed E-state index contributed by atoms with van der Waals surface area (Å²) in [4.78, 5) is 19.7. The summed E-state index contributed by atoms with van der Waals surface area (Å²) in [7, 11) is 1.26. The lowest BCUT2D eigenvalue weighted by molar-refractivity contribution is -0.133. The minimum atomic E-state index is -0.676. The smallest absolute Gasteiger partial charge is 0.345 e. The molecule has 0 aliphatic carbocycles. The summed E-state index contributed by atoms with van der Waals surface area (Å²) in [6, 6.07) is 11.0. The Kier molecular flexibility index (Phi) is 6.00. The van der Waals surface area contributed by atoms with Crippen molar-refractivity contribution in [2.75, 3.05) is 18.2 Å². The largest absolute Gasteiger partial charge is 0.510 e. The summed E-state index contributed by atoms with van der Waals surface area (Å²) in [5.74, 6) is 0.304. The van der Waals surface area contributed by atoms with Crippen molar-refractivity contribution in [2.45, 2.75) is 10.9 Å². The Hall–Kier alpha value is -3.31. The molecule has 0 amide bonds.